The molecule has 2 aromatic carbocycles. The number of benzene rings is 2. The lowest BCUT2D eigenvalue weighted by Gasteiger charge is -2.19. The van der Waals surface area contributed by atoms with Crippen LogP contribution in [0.2, 0.25) is 0 Å². The number of aryl methyl sites for hydroxylation is 1. The molecule has 1 N–H and O–H groups in total. The third-order valence-corrected chi connectivity index (χ3v) is 7.46. The van der Waals surface area contributed by atoms with Crippen LogP contribution in [-0.2, 0) is 28.0 Å². The van der Waals surface area contributed by atoms with Crippen molar-refractivity contribution in [3.05, 3.63) is 77.8 Å². The molecule has 35 heavy (non-hydrogen) atoms. The summed E-state index contributed by atoms with van der Waals surface area (Å²) >= 11 is 0. The molecule has 1 saturated heterocycles. The standard InChI is InChI=1S/C22H19F5N4O3S/c1-30-11-20(28-12-30)35(33,34)31-9-16(13-2-4-14(23)5-3-13)17(10-31)21(32)29-15-6-7-19(24)18(8-15)22(25,26)27/h2-8,11-12,16-17H,9-10H2,1H3,(H,29,32)/t16-,17+/m0/s1. The van der Waals surface area contributed by atoms with E-state index in [0.29, 0.717) is 17.7 Å². The topological polar surface area (TPSA) is 84.3 Å². The predicted octanol–water partition coefficient (Wildman–Crippen LogP) is 3.76. The highest BCUT2D eigenvalue weighted by molar-refractivity contribution is 7.89. The molecule has 0 radical (unpaired) electrons. The van der Waals surface area contributed by atoms with Gasteiger partial charge in [-0.25, -0.2) is 22.2 Å². The van der Waals surface area contributed by atoms with E-state index in [1.807, 2.05) is 0 Å². The molecule has 1 aliphatic rings. The van der Waals surface area contributed by atoms with Crippen molar-refractivity contribution in [2.45, 2.75) is 17.1 Å². The van der Waals surface area contributed by atoms with Crippen molar-refractivity contribution in [2.24, 2.45) is 13.0 Å². The van der Waals surface area contributed by atoms with Crippen LogP contribution in [0, 0.1) is 17.6 Å². The summed E-state index contributed by atoms with van der Waals surface area (Å²) in [5.74, 6) is -4.54. The number of alkyl halides is 3. The number of carbonyl (C=O) groups is 1. The van der Waals surface area contributed by atoms with E-state index in [2.05, 4.69) is 10.3 Å². The zero-order valence-electron chi connectivity index (χ0n) is 18.1. The van der Waals surface area contributed by atoms with Crippen LogP contribution in [0.15, 0.2) is 60.0 Å². The van der Waals surface area contributed by atoms with Crippen LogP contribution in [0.25, 0.3) is 0 Å². The second-order valence-corrected chi connectivity index (χ2v) is 10.0. The molecule has 1 fully saturated rings. The zero-order chi connectivity index (χ0) is 25.5. The molecule has 186 valence electrons. The highest BCUT2D eigenvalue weighted by Crippen LogP contribution is 2.37. The van der Waals surface area contributed by atoms with Crippen LogP contribution >= 0.6 is 0 Å². The van der Waals surface area contributed by atoms with Gasteiger partial charge in [0.2, 0.25) is 5.91 Å². The molecule has 1 amide bonds. The molecule has 0 saturated carbocycles. The van der Waals surface area contributed by atoms with Crippen LogP contribution in [0.5, 0.6) is 0 Å². The molecule has 1 aliphatic heterocycles. The van der Waals surface area contributed by atoms with Crippen molar-refractivity contribution in [3.8, 4) is 0 Å². The highest BCUT2D eigenvalue weighted by atomic mass is 32.2. The molecule has 0 unspecified atom stereocenters. The molecular weight excluding hydrogens is 495 g/mol. The fourth-order valence-corrected chi connectivity index (χ4v) is 5.44. The summed E-state index contributed by atoms with van der Waals surface area (Å²) in [6.07, 6.45) is -2.37. The van der Waals surface area contributed by atoms with Gasteiger partial charge in [0.05, 0.1) is 17.8 Å². The molecule has 0 bridgehead atoms. The van der Waals surface area contributed by atoms with Gasteiger partial charge in [-0.15, -0.1) is 0 Å². The van der Waals surface area contributed by atoms with Gasteiger partial charge in [0.25, 0.3) is 10.0 Å². The van der Waals surface area contributed by atoms with Crippen LogP contribution in [0.4, 0.5) is 27.6 Å². The number of nitrogens with one attached hydrogen (secondary N) is 1. The number of carbonyl (C=O) groups excluding carboxylic acids is 1. The lowest BCUT2D eigenvalue weighted by atomic mass is 9.88. The van der Waals surface area contributed by atoms with Crippen molar-refractivity contribution in [3.63, 3.8) is 0 Å². The van der Waals surface area contributed by atoms with E-state index in [1.165, 1.54) is 29.2 Å². The van der Waals surface area contributed by atoms with E-state index in [1.54, 1.807) is 7.05 Å². The Morgan fingerprint density at radius 3 is 2.37 bits per heavy atom. The van der Waals surface area contributed by atoms with Gasteiger partial charge >= 0.3 is 6.18 Å². The summed E-state index contributed by atoms with van der Waals surface area (Å²) in [5, 5.41) is 2.10. The van der Waals surface area contributed by atoms with E-state index in [9.17, 15) is 35.2 Å². The minimum Gasteiger partial charge on any atom is -0.339 e. The Hall–Kier alpha value is -3.32. The Bertz CT molecular complexity index is 1360. The lowest BCUT2D eigenvalue weighted by Crippen LogP contribution is -2.32. The third kappa shape index (κ3) is 5.05. The first-order valence-corrected chi connectivity index (χ1v) is 11.7. The normalized spacial score (nSPS) is 19.1. The summed E-state index contributed by atoms with van der Waals surface area (Å²) in [5.41, 5.74) is -1.37. The van der Waals surface area contributed by atoms with Crippen molar-refractivity contribution in [1.82, 2.24) is 13.9 Å². The van der Waals surface area contributed by atoms with Crippen molar-refractivity contribution in [2.75, 3.05) is 18.4 Å². The molecule has 7 nitrogen and oxygen atoms in total. The van der Waals surface area contributed by atoms with E-state index >= 15 is 0 Å². The van der Waals surface area contributed by atoms with Crippen molar-refractivity contribution in [1.29, 1.82) is 0 Å². The number of sulfonamides is 1. The fourth-order valence-electron chi connectivity index (χ4n) is 3.99. The van der Waals surface area contributed by atoms with Gasteiger partial charge in [-0.2, -0.15) is 17.5 Å². The first-order valence-electron chi connectivity index (χ1n) is 10.3. The summed E-state index contributed by atoms with van der Waals surface area (Å²) in [6, 6.07) is 7.19. The molecule has 2 heterocycles. The number of anilines is 1. The van der Waals surface area contributed by atoms with E-state index < -0.39 is 51.1 Å². The first-order chi connectivity index (χ1) is 16.4. The average molecular weight is 514 g/mol. The molecule has 1 aromatic heterocycles. The zero-order valence-corrected chi connectivity index (χ0v) is 18.9. The predicted molar refractivity (Wildman–Crippen MR) is 115 cm³/mol. The minimum absolute atomic E-state index is 0.139. The molecule has 0 aliphatic carbocycles. The number of rotatable bonds is 5. The van der Waals surface area contributed by atoms with E-state index in [4.69, 9.17) is 0 Å². The number of hydrogen-bond donors (Lipinski definition) is 1. The number of hydrogen-bond acceptors (Lipinski definition) is 4. The van der Waals surface area contributed by atoms with E-state index in [0.717, 1.165) is 22.5 Å². The Balaban J connectivity index is 1.65. The molecule has 2 atom stereocenters. The maximum Gasteiger partial charge on any atom is 0.419 e. The Morgan fingerprint density at radius 1 is 1.09 bits per heavy atom. The van der Waals surface area contributed by atoms with Gasteiger partial charge in [0.1, 0.15) is 11.6 Å². The largest absolute Gasteiger partial charge is 0.419 e. The third-order valence-electron chi connectivity index (χ3n) is 5.75. The van der Waals surface area contributed by atoms with E-state index in [-0.39, 0.29) is 23.8 Å². The fraction of sp³-hybridized carbons (Fsp3) is 0.273. The lowest BCUT2D eigenvalue weighted by molar-refractivity contribution is -0.140. The molecule has 4 rings (SSSR count). The second kappa shape index (κ2) is 9.04. The van der Waals surface area contributed by atoms with Gasteiger partial charge in [-0.05, 0) is 35.9 Å². The van der Waals surface area contributed by atoms with Crippen LogP contribution in [0.3, 0.4) is 0 Å². The average Bonchev–Trinajstić information content (AvgIpc) is 3.42. The Labute approximate surface area is 197 Å². The SMILES string of the molecule is Cn1cnc(S(=O)(=O)N2C[C@@H](C(=O)Nc3ccc(F)c(C(F)(F)F)c3)[C@H](c3ccc(F)cc3)C2)c1. The molecular formula is C22H19F5N4O3S. The van der Waals surface area contributed by atoms with Crippen molar-refractivity contribution < 1.29 is 35.2 Å². The minimum atomic E-state index is -4.97. The number of aromatic nitrogens is 2. The summed E-state index contributed by atoms with van der Waals surface area (Å²) in [4.78, 5) is 17.0. The van der Waals surface area contributed by atoms with Crippen LogP contribution in [-0.4, -0.2) is 41.3 Å². The van der Waals surface area contributed by atoms with Crippen LogP contribution < -0.4 is 5.32 Å². The smallest absolute Gasteiger partial charge is 0.339 e. The molecule has 0 spiro atoms. The van der Waals surface area contributed by atoms with Crippen LogP contribution in [0.1, 0.15) is 17.0 Å². The second-order valence-electron chi connectivity index (χ2n) is 8.15. The number of nitrogens with zero attached hydrogens (tertiary/aromatic N) is 3. The maximum absolute atomic E-state index is 13.6. The quantitative estimate of drug-likeness (QED) is 0.526. The van der Waals surface area contributed by atoms with Gasteiger partial charge < -0.3 is 9.88 Å². The molecule has 13 heteroatoms. The maximum atomic E-state index is 13.6. The summed E-state index contributed by atoms with van der Waals surface area (Å²) in [7, 11) is -2.50. The number of halogens is 5. The van der Waals surface area contributed by atoms with Gasteiger partial charge in [0, 0.05) is 37.9 Å². The Morgan fingerprint density at radius 2 is 1.77 bits per heavy atom. The van der Waals surface area contributed by atoms with Crippen molar-refractivity contribution >= 4 is 21.6 Å². The summed E-state index contributed by atoms with van der Waals surface area (Å²) in [6.45, 7) is -0.431. The number of amides is 1. The molecule has 3 aromatic rings. The summed E-state index contributed by atoms with van der Waals surface area (Å²) < 4.78 is 94.9. The van der Waals surface area contributed by atoms with Gasteiger partial charge in [-0.1, -0.05) is 12.1 Å². The monoisotopic (exact) mass is 514 g/mol. The van der Waals surface area contributed by atoms with Gasteiger partial charge in [0.15, 0.2) is 5.03 Å². The highest BCUT2D eigenvalue weighted by Gasteiger charge is 2.44. The first kappa shape index (κ1) is 24.8. The van der Waals surface area contributed by atoms with Gasteiger partial charge in [-0.3, -0.25) is 4.79 Å². The number of imidazole rings is 1. The Kier molecular flexibility index (Phi) is 6.40.